The standard InChI is InChI=1S/C74H61N/c1-3-11-46(12-4-1)48-19-25-57(26-20-48)75(58-27-21-49(22-28-58)47-13-5-2-6-14-47)59-29-23-50(24-30-59)71-70-52-34-44-31-45(35-52)33-51(32-44)64(70)41-69-72(71)65-39-62-53-36-55-38-56-37-54(43-73(55,56)42-53)63(62)40-68(65)74(69)66-17-9-7-15-60(66)61-16-8-10-18-67(61)74/h1-30,39-41,44-45,51-56H,31-38,42-43H2. The third kappa shape index (κ3) is 5.65. The zero-order valence-electron chi connectivity index (χ0n) is 42.7. The number of anilines is 3. The van der Waals surface area contributed by atoms with Crippen molar-refractivity contribution in [2.24, 2.45) is 29.1 Å². The van der Waals surface area contributed by atoms with Gasteiger partial charge in [-0.1, -0.05) is 164 Å². The van der Waals surface area contributed by atoms with Gasteiger partial charge >= 0.3 is 0 Å². The van der Waals surface area contributed by atoms with E-state index in [-0.39, 0.29) is 5.41 Å². The molecule has 1 nitrogen and oxygen atoms in total. The van der Waals surface area contributed by atoms with Crippen LogP contribution in [-0.4, -0.2) is 0 Å². The minimum atomic E-state index is -0.363. The van der Waals surface area contributed by atoms with Crippen LogP contribution in [0.1, 0.15) is 132 Å². The summed E-state index contributed by atoms with van der Waals surface area (Å²) in [5.41, 5.74) is 30.7. The maximum Gasteiger partial charge on any atom is 0.0725 e. The molecular formula is C74H61N. The molecule has 10 aliphatic rings. The number of hydrogen-bond donors (Lipinski definition) is 0. The average Bonchev–Trinajstić information content (AvgIpc) is 4.07. The van der Waals surface area contributed by atoms with Crippen LogP contribution < -0.4 is 4.90 Å². The van der Waals surface area contributed by atoms with Gasteiger partial charge in [0.2, 0.25) is 0 Å². The molecule has 9 aromatic carbocycles. The third-order valence-electron chi connectivity index (χ3n) is 22.0. The molecule has 9 aromatic rings. The van der Waals surface area contributed by atoms with Gasteiger partial charge in [0.1, 0.15) is 0 Å². The van der Waals surface area contributed by atoms with Gasteiger partial charge in [0.05, 0.1) is 5.41 Å². The lowest BCUT2D eigenvalue weighted by Gasteiger charge is -2.48. The van der Waals surface area contributed by atoms with Gasteiger partial charge in [-0.25, -0.2) is 0 Å². The lowest BCUT2D eigenvalue weighted by atomic mass is 9.56. The van der Waals surface area contributed by atoms with Gasteiger partial charge < -0.3 is 4.90 Å². The summed E-state index contributed by atoms with van der Waals surface area (Å²) in [4.78, 5) is 2.47. The summed E-state index contributed by atoms with van der Waals surface area (Å²) in [6, 6.07) is 77.9. The molecule has 0 saturated heterocycles. The van der Waals surface area contributed by atoms with Gasteiger partial charge in [-0.2, -0.15) is 0 Å². The Hall–Kier alpha value is -7.22. The molecule has 7 bridgehead atoms. The predicted molar refractivity (Wildman–Crippen MR) is 307 cm³/mol. The Morgan fingerprint density at radius 1 is 0.320 bits per heavy atom. The van der Waals surface area contributed by atoms with Crippen molar-refractivity contribution in [1.29, 1.82) is 0 Å². The van der Waals surface area contributed by atoms with E-state index < -0.39 is 0 Å². The van der Waals surface area contributed by atoms with Crippen molar-refractivity contribution in [2.75, 3.05) is 4.90 Å². The maximum absolute atomic E-state index is 2.88. The van der Waals surface area contributed by atoms with Crippen molar-refractivity contribution in [3.8, 4) is 55.6 Å². The molecule has 0 amide bonds. The van der Waals surface area contributed by atoms with E-state index in [4.69, 9.17) is 0 Å². The smallest absolute Gasteiger partial charge is 0.0725 e. The summed E-state index contributed by atoms with van der Waals surface area (Å²) in [6.45, 7) is 0. The van der Waals surface area contributed by atoms with E-state index in [1.165, 1.54) is 120 Å². The van der Waals surface area contributed by atoms with Crippen LogP contribution in [0.5, 0.6) is 0 Å². The summed E-state index contributed by atoms with van der Waals surface area (Å²) in [7, 11) is 0. The molecule has 0 N–H and O–H groups in total. The second kappa shape index (κ2) is 15.2. The fourth-order valence-corrected chi connectivity index (χ4v) is 19.3. The monoisotopic (exact) mass is 963 g/mol. The maximum atomic E-state index is 2.88. The Labute approximate surface area is 442 Å². The van der Waals surface area contributed by atoms with Gasteiger partial charge in [-0.05, 0) is 254 Å². The van der Waals surface area contributed by atoms with E-state index in [1.54, 1.807) is 50.1 Å². The fourth-order valence-electron chi connectivity index (χ4n) is 19.3. The molecule has 5 fully saturated rings. The third-order valence-corrected chi connectivity index (χ3v) is 22.0. The van der Waals surface area contributed by atoms with Crippen molar-refractivity contribution < 1.29 is 0 Å². The predicted octanol–water partition coefficient (Wildman–Crippen LogP) is 19.3. The first kappa shape index (κ1) is 42.1. The van der Waals surface area contributed by atoms with E-state index in [0.717, 1.165) is 35.0 Å². The molecular weight excluding hydrogens is 903 g/mol. The van der Waals surface area contributed by atoms with Crippen LogP contribution >= 0.6 is 0 Å². The van der Waals surface area contributed by atoms with Crippen LogP contribution in [0, 0.1) is 29.1 Å². The van der Waals surface area contributed by atoms with Crippen LogP contribution in [0.3, 0.4) is 0 Å². The second-order valence-electron chi connectivity index (χ2n) is 25.2. The topological polar surface area (TPSA) is 3.24 Å². The van der Waals surface area contributed by atoms with Gasteiger partial charge in [0.15, 0.2) is 0 Å². The summed E-state index contributed by atoms with van der Waals surface area (Å²) in [5, 5.41) is 0. The van der Waals surface area contributed by atoms with Crippen molar-refractivity contribution in [3.63, 3.8) is 0 Å². The fraction of sp³-hybridized carbons (Fsp3) is 0.270. The molecule has 0 radical (unpaired) electrons. The molecule has 1 heteroatoms. The van der Waals surface area contributed by atoms with Gasteiger partial charge in [0.25, 0.3) is 0 Å². The van der Waals surface area contributed by atoms with E-state index >= 15 is 0 Å². The van der Waals surface area contributed by atoms with Crippen LogP contribution in [0.2, 0.25) is 0 Å². The Balaban J connectivity index is 0.872. The summed E-state index contributed by atoms with van der Waals surface area (Å²) < 4.78 is 0. The highest BCUT2D eigenvalue weighted by molar-refractivity contribution is 6.02. The minimum Gasteiger partial charge on any atom is -0.311 e. The number of nitrogens with zero attached hydrogens (tertiary/aromatic N) is 1. The minimum absolute atomic E-state index is 0.363. The Morgan fingerprint density at radius 3 is 1.35 bits per heavy atom. The molecule has 5 saturated carbocycles. The van der Waals surface area contributed by atoms with E-state index in [1.807, 2.05) is 0 Å². The summed E-state index contributed by atoms with van der Waals surface area (Å²) in [6.07, 6.45) is 14.0. The number of fused-ring (bicyclic) bond motifs is 15. The highest BCUT2D eigenvalue weighted by atomic mass is 15.1. The summed E-state index contributed by atoms with van der Waals surface area (Å²) >= 11 is 0. The lowest BCUT2D eigenvalue weighted by Crippen LogP contribution is -2.41. The quantitative estimate of drug-likeness (QED) is 0.161. The van der Waals surface area contributed by atoms with Crippen LogP contribution in [0.25, 0.3) is 55.6 Å². The molecule has 7 atom stereocenters. The van der Waals surface area contributed by atoms with E-state index in [0.29, 0.717) is 29.1 Å². The molecule has 0 aromatic heterocycles. The first-order valence-electron chi connectivity index (χ1n) is 28.9. The van der Waals surface area contributed by atoms with Crippen molar-refractivity contribution in [3.05, 3.63) is 245 Å². The van der Waals surface area contributed by atoms with Gasteiger partial charge in [-0.3, -0.25) is 0 Å². The molecule has 362 valence electrons. The first-order valence-corrected chi connectivity index (χ1v) is 28.9. The Kier molecular flexibility index (Phi) is 8.54. The van der Waals surface area contributed by atoms with Crippen LogP contribution in [-0.2, 0) is 5.41 Å². The number of hydrogen-bond acceptors (Lipinski definition) is 1. The number of rotatable bonds is 6. The lowest BCUT2D eigenvalue weighted by molar-refractivity contribution is 0.00322. The number of benzene rings is 9. The van der Waals surface area contributed by atoms with Gasteiger partial charge in [0, 0.05) is 17.1 Å². The second-order valence-corrected chi connectivity index (χ2v) is 25.2. The zero-order chi connectivity index (χ0) is 48.7. The molecule has 19 rings (SSSR count). The van der Waals surface area contributed by atoms with Crippen LogP contribution in [0.15, 0.2) is 200 Å². The molecule has 0 heterocycles. The molecule has 0 aliphatic heterocycles. The highest BCUT2D eigenvalue weighted by Gasteiger charge is 2.66. The SMILES string of the molecule is c1ccc(-c2ccc(N(c3ccc(-c4ccccc4)cc3)c3ccc(-c4c5c(cc6c4C4CC7CC(CC6C7)C4)C4(c6ccccc6-c6ccccc64)c4cc6c(cc4-5)C4CC5CC7CC6CC57C4)cc3)cc2)cc1. The van der Waals surface area contributed by atoms with Crippen molar-refractivity contribution in [1.82, 2.24) is 0 Å². The highest BCUT2D eigenvalue weighted by Crippen LogP contribution is 2.77. The molecule has 2 spiro atoms. The van der Waals surface area contributed by atoms with Gasteiger partial charge in [-0.15, -0.1) is 0 Å². The average molecular weight is 964 g/mol. The molecule has 7 unspecified atom stereocenters. The van der Waals surface area contributed by atoms with Crippen LogP contribution in [0.4, 0.5) is 17.1 Å². The summed E-state index contributed by atoms with van der Waals surface area (Å²) in [5.74, 6) is 6.17. The Morgan fingerprint density at radius 2 is 0.787 bits per heavy atom. The zero-order valence-corrected chi connectivity index (χ0v) is 42.7. The van der Waals surface area contributed by atoms with E-state index in [2.05, 4.69) is 205 Å². The Bertz CT molecular complexity index is 3690. The first-order chi connectivity index (χ1) is 37.1. The normalized spacial score (nSPS) is 27.4. The van der Waals surface area contributed by atoms with E-state index in [9.17, 15) is 0 Å². The van der Waals surface area contributed by atoms with Crippen molar-refractivity contribution >= 4 is 17.1 Å². The molecule has 10 aliphatic carbocycles. The molecule has 75 heavy (non-hydrogen) atoms. The largest absolute Gasteiger partial charge is 0.311 e. The van der Waals surface area contributed by atoms with Crippen molar-refractivity contribution in [2.45, 2.75) is 93.3 Å².